The van der Waals surface area contributed by atoms with E-state index >= 15 is 0 Å². The van der Waals surface area contributed by atoms with Gasteiger partial charge in [-0.05, 0) is 28.9 Å². The number of benzene rings is 1. The van der Waals surface area contributed by atoms with Crippen LogP contribution in [0.15, 0.2) is 47.3 Å². The molecule has 25 heavy (non-hydrogen) atoms. The van der Waals surface area contributed by atoms with Crippen LogP contribution in [-0.2, 0) is 17.9 Å². The van der Waals surface area contributed by atoms with Gasteiger partial charge in [0.2, 0.25) is 5.91 Å². The number of amides is 1. The van der Waals surface area contributed by atoms with E-state index < -0.39 is 0 Å². The van der Waals surface area contributed by atoms with Crippen LogP contribution in [0.1, 0.15) is 17.7 Å². The molecule has 0 saturated heterocycles. The van der Waals surface area contributed by atoms with Crippen LogP contribution < -0.4 is 5.32 Å². The van der Waals surface area contributed by atoms with Gasteiger partial charge in [0, 0.05) is 23.9 Å². The van der Waals surface area contributed by atoms with E-state index in [1.165, 1.54) is 6.07 Å². The predicted molar refractivity (Wildman–Crippen MR) is 95.6 cm³/mol. The van der Waals surface area contributed by atoms with Crippen molar-refractivity contribution in [2.45, 2.75) is 26.4 Å². The van der Waals surface area contributed by atoms with E-state index in [1.54, 1.807) is 46.2 Å². The lowest BCUT2D eigenvalue weighted by Gasteiger charge is -2.05. The summed E-state index contributed by atoms with van der Waals surface area (Å²) in [4.78, 5) is 12.1. The number of carbonyl (C=O) groups excluding carboxylic acids is 1. The number of halogens is 2. The van der Waals surface area contributed by atoms with E-state index in [0.717, 1.165) is 10.2 Å². The van der Waals surface area contributed by atoms with Crippen LogP contribution in [0.2, 0.25) is 0 Å². The van der Waals surface area contributed by atoms with Gasteiger partial charge in [-0.1, -0.05) is 18.2 Å². The molecular weight excluding hydrogens is 389 g/mol. The van der Waals surface area contributed by atoms with Gasteiger partial charge in [0.25, 0.3) is 0 Å². The molecule has 0 aliphatic carbocycles. The molecule has 6 nitrogen and oxygen atoms in total. The molecule has 0 unspecified atom stereocenters. The Morgan fingerprint density at radius 2 is 2.08 bits per heavy atom. The maximum Gasteiger partial charge on any atom is 0.226 e. The number of nitrogens with one attached hydrogen (secondary N) is 1. The van der Waals surface area contributed by atoms with Gasteiger partial charge in [-0.25, -0.2) is 4.39 Å². The van der Waals surface area contributed by atoms with Gasteiger partial charge < -0.3 is 5.32 Å². The highest BCUT2D eigenvalue weighted by Gasteiger charge is 2.09. The third kappa shape index (κ3) is 4.33. The maximum atomic E-state index is 13.7. The summed E-state index contributed by atoms with van der Waals surface area (Å²) in [5.74, 6) is -0.402. The summed E-state index contributed by atoms with van der Waals surface area (Å²) in [6.45, 7) is 2.73. The second-order valence-electron chi connectivity index (χ2n) is 5.62. The summed E-state index contributed by atoms with van der Waals surface area (Å²) in [6, 6.07) is 6.55. The normalized spacial score (nSPS) is 10.8. The minimum Gasteiger partial charge on any atom is -0.323 e. The minimum atomic E-state index is -0.274. The molecule has 1 N–H and O–H groups in total. The number of hydrogen-bond acceptors (Lipinski definition) is 3. The monoisotopic (exact) mass is 405 g/mol. The van der Waals surface area contributed by atoms with E-state index in [2.05, 4.69) is 31.4 Å². The maximum absolute atomic E-state index is 13.7. The van der Waals surface area contributed by atoms with Gasteiger partial charge >= 0.3 is 0 Å². The Balaban J connectivity index is 1.55. The fraction of sp³-hybridized carbons (Fsp3) is 0.235. The van der Waals surface area contributed by atoms with Gasteiger partial charge in [0.1, 0.15) is 5.82 Å². The molecule has 0 saturated carbocycles. The van der Waals surface area contributed by atoms with Crippen LogP contribution in [0.5, 0.6) is 0 Å². The Labute approximate surface area is 152 Å². The average molecular weight is 406 g/mol. The zero-order valence-electron chi connectivity index (χ0n) is 13.6. The van der Waals surface area contributed by atoms with Crippen molar-refractivity contribution in [3.05, 3.63) is 64.4 Å². The van der Waals surface area contributed by atoms with Gasteiger partial charge in [-0.3, -0.25) is 14.2 Å². The molecule has 1 aromatic carbocycles. The molecule has 2 heterocycles. The van der Waals surface area contributed by atoms with Crippen molar-refractivity contribution in [1.82, 2.24) is 19.6 Å². The zero-order valence-corrected chi connectivity index (χ0v) is 15.2. The lowest BCUT2D eigenvalue weighted by atomic mass is 10.2. The number of rotatable bonds is 6. The van der Waals surface area contributed by atoms with Crippen LogP contribution >= 0.6 is 15.9 Å². The molecule has 0 radical (unpaired) electrons. The van der Waals surface area contributed by atoms with Crippen molar-refractivity contribution in [2.75, 3.05) is 5.32 Å². The predicted octanol–water partition coefficient (Wildman–Crippen LogP) is 3.37. The Kier molecular flexibility index (Phi) is 5.28. The number of aromatic nitrogens is 4. The van der Waals surface area contributed by atoms with Crippen LogP contribution in [0.4, 0.5) is 10.1 Å². The fourth-order valence-corrected chi connectivity index (χ4v) is 2.69. The molecule has 8 heteroatoms. The molecule has 0 atom stereocenters. The van der Waals surface area contributed by atoms with E-state index in [-0.39, 0.29) is 11.7 Å². The number of aryl methyl sites for hydroxylation is 1. The molecule has 0 aliphatic heterocycles. The van der Waals surface area contributed by atoms with Crippen molar-refractivity contribution in [1.29, 1.82) is 0 Å². The Hall–Kier alpha value is -2.48. The molecule has 0 fully saturated rings. The minimum absolute atomic E-state index is 0.128. The van der Waals surface area contributed by atoms with E-state index in [0.29, 0.717) is 30.8 Å². The quantitative estimate of drug-likeness (QED) is 0.683. The van der Waals surface area contributed by atoms with Crippen LogP contribution in [-0.4, -0.2) is 25.5 Å². The first-order valence-electron chi connectivity index (χ1n) is 7.76. The highest BCUT2D eigenvalue weighted by Crippen LogP contribution is 2.15. The van der Waals surface area contributed by atoms with Crippen molar-refractivity contribution < 1.29 is 9.18 Å². The second kappa shape index (κ2) is 7.60. The fourth-order valence-electron chi connectivity index (χ4n) is 2.40. The molecule has 0 aliphatic rings. The highest BCUT2D eigenvalue weighted by atomic mass is 79.9. The first-order chi connectivity index (χ1) is 12.0. The van der Waals surface area contributed by atoms with Gasteiger partial charge in [-0.2, -0.15) is 10.2 Å². The summed E-state index contributed by atoms with van der Waals surface area (Å²) in [7, 11) is 0. The largest absolute Gasteiger partial charge is 0.323 e. The van der Waals surface area contributed by atoms with Crippen LogP contribution in [0.3, 0.4) is 0 Å². The summed E-state index contributed by atoms with van der Waals surface area (Å²) >= 11 is 3.39. The molecule has 0 spiro atoms. The summed E-state index contributed by atoms with van der Waals surface area (Å²) in [6.07, 6.45) is 5.24. The smallest absolute Gasteiger partial charge is 0.226 e. The first-order valence-corrected chi connectivity index (χ1v) is 8.56. The lowest BCUT2D eigenvalue weighted by molar-refractivity contribution is -0.116. The van der Waals surface area contributed by atoms with E-state index in [9.17, 15) is 9.18 Å². The van der Waals surface area contributed by atoms with Crippen molar-refractivity contribution in [3.63, 3.8) is 0 Å². The van der Waals surface area contributed by atoms with E-state index in [4.69, 9.17) is 0 Å². The second-order valence-corrected chi connectivity index (χ2v) is 6.47. The summed E-state index contributed by atoms with van der Waals surface area (Å²) < 4.78 is 17.9. The average Bonchev–Trinajstić information content (AvgIpc) is 3.15. The Morgan fingerprint density at radius 3 is 2.80 bits per heavy atom. The molecule has 0 bridgehead atoms. The van der Waals surface area contributed by atoms with Crippen LogP contribution in [0, 0.1) is 12.7 Å². The Bertz CT molecular complexity index is 889. The third-order valence-corrected chi connectivity index (χ3v) is 4.58. The summed E-state index contributed by atoms with van der Waals surface area (Å²) in [5, 5.41) is 11.1. The number of anilines is 1. The van der Waals surface area contributed by atoms with Crippen molar-refractivity contribution in [2.24, 2.45) is 0 Å². The third-order valence-electron chi connectivity index (χ3n) is 3.80. The number of carbonyl (C=O) groups is 1. The van der Waals surface area contributed by atoms with Crippen LogP contribution in [0.25, 0.3) is 0 Å². The molecule has 1 amide bonds. The molecule has 3 aromatic rings. The van der Waals surface area contributed by atoms with Gasteiger partial charge in [-0.15, -0.1) is 0 Å². The first kappa shape index (κ1) is 17.3. The molecule has 130 valence electrons. The Morgan fingerprint density at radius 1 is 1.28 bits per heavy atom. The summed E-state index contributed by atoms with van der Waals surface area (Å²) in [5.41, 5.74) is 2.11. The number of nitrogens with zero attached hydrogens (tertiary/aromatic N) is 4. The number of hydrogen-bond donors (Lipinski definition) is 1. The van der Waals surface area contributed by atoms with Gasteiger partial charge in [0.05, 0.1) is 35.6 Å². The molecule has 3 rings (SSSR count). The lowest BCUT2D eigenvalue weighted by Crippen LogP contribution is -2.15. The standard InChI is InChI=1S/C17H17BrFN5O/c1-12-15(18)9-21-24(12)7-6-17(25)22-14-8-20-23(11-14)10-13-4-2-3-5-16(13)19/h2-5,8-9,11H,6-7,10H2,1H3,(H,22,25). The van der Waals surface area contributed by atoms with Gasteiger partial charge in [0.15, 0.2) is 0 Å². The van der Waals surface area contributed by atoms with E-state index in [1.807, 2.05) is 6.92 Å². The molecular formula is C17H17BrFN5O. The van der Waals surface area contributed by atoms with Crippen molar-refractivity contribution >= 4 is 27.5 Å². The van der Waals surface area contributed by atoms with Crippen molar-refractivity contribution in [3.8, 4) is 0 Å². The SMILES string of the molecule is Cc1c(Br)cnn1CCC(=O)Nc1cnn(Cc2ccccc2F)c1. The molecule has 2 aromatic heterocycles. The highest BCUT2D eigenvalue weighted by molar-refractivity contribution is 9.10. The zero-order chi connectivity index (χ0) is 17.8. The topological polar surface area (TPSA) is 64.7 Å².